The molecule has 1 saturated carbocycles. The number of hydrogen-bond acceptors (Lipinski definition) is 8. The number of rotatable bonds is 5. The summed E-state index contributed by atoms with van der Waals surface area (Å²) in [5, 5.41) is 35.2. The van der Waals surface area contributed by atoms with Crippen LogP contribution in [-0.2, 0) is 15.1 Å². The van der Waals surface area contributed by atoms with Crippen molar-refractivity contribution in [3.05, 3.63) is 63.6 Å². The van der Waals surface area contributed by atoms with Crippen LogP contribution in [0.25, 0.3) is 0 Å². The fourth-order valence-electron chi connectivity index (χ4n) is 4.97. The Morgan fingerprint density at radius 1 is 1.09 bits per heavy atom. The molecule has 0 saturated heterocycles. The normalized spacial score (nSPS) is 14.4. The van der Waals surface area contributed by atoms with E-state index in [0.29, 0.717) is 16.9 Å². The van der Waals surface area contributed by atoms with E-state index in [0.717, 1.165) is 41.3 Å². The van der Waals surface area contributed by atoms with Gasteiger partial charge in [-0.3, -0.25) is 15.1 Å². The van der Waals surface area contributed by atoms with E-state index in [1.807, 2.05) is 65.8 Å². The van der Waals surface area contributed by atoms with E-state index in [9.17, 15) is 18.4 Å². The molecule has 0 bridgehead atoms. The van der Waals surface area contributed by atoms with Crippen LogP contribution in [0.5, 0.6) is 0 Å². The summed E-state index contributed by atoms with van der Waals surface area (Å²) in [5.41, 5.74) is 1.05. The predicted octanol–water partition coefficient (Wildman–Crippen LogP) is 6.53. The molecule has 46 heavy (non-hydrogen) atoms. The maximum atomic E-state index is 13.2. The Balaban J connectivity index is 0.000000978. The highest BCUT2D eigenvalue weighted by molar-refractivity contribution is 9.10. The number of nitriles is 1. The Hall–Kier alpha value is -3.18. The lowest BCUT2D eigenvalue weighted by atomic mass is 9.68. The summed E-state index contributed by atoms with van der Waals surface area (Å²) in [6, 6.07) is 14.1. The first-order chi connectivity index (χ1) is 21.4. The lowest BCUT2D eigenvalue weighted by molar-refractivity contribution is -0.124. The van der Waals surface area contributed by atoms with Crippen molar-refractivity contribution < 1.29 is 38.3 Å². The zero-order valence-corrected chi connectivity index (χ0v) is 29.5. The molecule has 0 radical (unpaired) electrons. The predicted molar refractivity (Wildman–Crippen MR) is 181 cm³/mol. The minimum absolute atomic E-state index is 0.00376. The van der Waals surface area contributed by atoms with E-state index in [1.54, 1.807) is 32.0 Å². The number of carbonyl (C=O) groups excluding carboxylic acids is 2. The minimum atomic E-state index is -3.17. The SMILES string of the molecule is CC.CC(=O)C(N=C(C)NC(=O)OC(C)(C)C)(c1cc(Br)ccc1C)C1CCCCC1.N#Cc1cccc(B(O)O)c1.OC(F)F. The molecule has 1 aliphatic carbocycles. The van der Waals surface area contributed by atoms with Crippen molar-refractivity contribution in [3.63, 3.8) is 0 Å². The molecular weight excluding hydrogens is 663 g/mol. The molecular formula is C33H47BBrF2N3O6. The van der Waals surface area contributed by atoms with Gasteiger partial charge < -0.3 is 19.9 Å². The van der Waals surface area contributed by atoms with Crippen molar-refractivity contribution in [2.45, 2.75) is 105 Å². The molecule has 13 heteroatoms. The third kappa shape index (κ3) is 14.9. The highest BCUT2D eigenvalue weighted by Gasteiger charge is 2.46. The molecule has 2 aromatic carbocycles. The summed E-state index contributed by atoms with van der Waals surface area (Å²) in [6.45, 7) is 11.6. The van der Waals surface area contributed by atoms with Crippen LogP contribution in [0.1, 0.15) is 97.3 Å². The Kier molecular flexibility index (Phi) is 19.4. The Labute approximate surface area is 280 Å². The van der Waals surface area contributed by atoms with Gasteiger partial charge in [-0.2, -0.15) is 14.0 Å². The number of ether oxygens (including phenoxy) is 1. The highest BCUT2D eigenvalue weighted by Crippen LogP contribution is 2.45. The largest absolute Gasteiger partial charge is 0.488 e. The Morgan fingerprint density at radius 3 is 2.13 bits per heavy atom. The number of Topliss-reactive ketones (excluding diaryl/α,β-unsaturated/α-hetero) is 1. The number of ketones is 1. The number of aliphatic hydroxyl groups excluding tert-OH is 1. The number of alkyl halides is 2. The average Bonchev–Trinajstić information content (AvgIpc) is 2.97. The molecule has 0 aromatic heterocycles. The first-order valence-electron chi connectivity index (χ1n) is 15.1. The highest BCUT2D eigenvalue weighted by atomic mass is 79.9. The first kappa shape index (κ1) is 42.8. The van der Waals surface area contributed by atoms with E-state index in [1.165, 1.54) is 12.5 Å². The van der Waals surface area contributed by atoms with Gasteiger partial charge in [-0.05, 0) is 101 Å². The molecule has 254 valence electrons. The average molecular weight is 710 g/mol. The second-order valence-corrected chi connectivity index (χ2v) is 12.2. The second kappa shape index (κ2) is 20.8. The monoisotopic (exact) mass is 709 g/mol. The topological polar surface area (TPSA) is 152 Å². The third-order valence-electron chi connectivity index (χ3n) is 6.68. The van der Waals surface area contributed by atoms with Crippen molar-refractivity contribution in [3.8, 4) is 6.07 Å². The fraction of sp³-hybridized carbons (Fsp3) is 0.515. The number of hydrogen-bond donors (Lipinski definition) is 4. The lowest BCUT2D eigenvalue weighted by Crippen LogP contribution is -2.44. The number of aliphatic imine (C=N–C) groups is 1. The van der Waals surface area contributed by atoms with Crippen LogP contribution in [0, 0.1) is 24.2 Å². The number of amides is 1. The number of amidine groups is 1. The summed E-state index contributed by atoms with van der Waals surface area (Å²) >= 11 is 3.55. The van der Waals surface area contributed by atoms with Crippen molar-refractivity contribution in [1.82, 2.24) is 5.32 Å². The molecule has 1 fully saturated rings. The number of nitrogens with one attached hydrogen (secondary N) is 1. The zero-order valence-electron chi connectivity index (χ0n) is 27.9. The summed E-state index contributed by atoms with van der Waals surface area (Å²) < 4.78 is 26.0. The number of aryl methyl sites for hydroxylation is 1. The summed E-state index contributed by atoms with van der Waals surface area (Å²) in [4.78, 5) is 30.4. The van der Waals surface area contributed by atoms with Crippen LogP contribution in [0.2, 0.25) is 0 Å². The van der Waals surface area contributed by atoms with E-state index in [-0.39, 0.29) is 11.7 Å². The van der Waals surface area contributed by atoms with Crippen LogP contribution in [0.4, 0.5) is 13.6 Å². The molecule has 3 rings (SSSR count). The van der Waals surface area contributed by atoms with Gasteiger partial charge in [-0.1, -0.05) is 67.2 Å². The molecule has 1 unspecified atom stereocenters. The number of alkyl carbamates (subject to hydrolysis) is 1. The molecule has 1 aliphatic rings. The number of aliphatic hydroxyl groups is 1. The Bertz CT molecular complexity index is 1320. The van der Waals surface area contributed by atoms with E-state index in [2.05, 4.69) is 21.2 Å². The van der Waals surface area contributed by atoms with Gasteiger partial charge in [0.1, 0.15) is 17.0 Å². The van der Waals surface area contributed by atoms with E-state index in [4.69, 9.17) is 30.1 Å². The standard InChI is InChI=1S/C23H33BrN2O3.C7H6BNO2.C2H6.CH2F2O/c1-15-12-13-19(24)14-20(15)23(16(2)27,18-10-8-7-9-11-18)26-17(3)25-21(28)29-22(4,5)6;9-5-6-2-1-3-7(4-6)8(10)11;1-2;2-1(3)4/h12-14,18H,7-11H2,1-6H3,(H,25,26,28);1-4,10-11H;1-2H3;1,4H. The third-order valence-corrected chi connectivity index (χ3v) is 7.18. The fourth-order valence-corrected chi connectivity index (χ4v) is 5.33. The van der Waals surface area contributed by atoms with E-state index >= 15 is 0 Å². The summed E-state index contributed by atoms with van der Waals surface area (Å²) in [5.74, 6) is 0.479. The van der Waals surface area contributed by atoms with Crippen molar-refractivity contribution in [2.24, 2.45) is 10.9 Å². The molecule has 0 heterocycles. The van der Waals surface area contributed by atoms with Crippen molar-refractivity contribution >= 4 is 46.2 Å². The van der Waals surface area contributed by atoms with Crippen LogP contribution < -0.4 is 10.8 Å². The van der Waals surface area contributed by atoms with Gasteiger partial charge in [-0.15, -0.1) is 0 Å². The van der Waals surface area contributed by atoms with Gasteiger partial charge in [-0.25, -0.2) is 4.79 Å². The number of halogens is 3. The molecule has 9 nitrogen and oxygen atoms in total. The van der Waals surface area contributed by atoms with Gasteiger partial charge in [0.25, 0.3) is 0 Å². The number of carbonyl (C=O) groups is 2. The maximum absolute atomic E-state index is 13.2. The van der Waals surface area contributed by atoms with Crippen molar-refractivity contribution in [2.75, 3.05) is 0 Å². The zero-order chi connectivity index (χ0) is 35.7. The van der Waals surface area contributed by atoms with E-state index < -0.39 is 31.0 Å². The van der Waals surface area contributed by atoms with Crippen LogP contribution in [0.15, 0.2) is 51.9 Å². The lowest BCUT2D eigenvalue weighted by Gasteiger charge is -2.39. The molecule has 1 atom stereocenters. The van der Waals surface area contributed by atoms with Crippen molar-refractivity contribution in [1.29, 1.82) is 5.26 Å². The van der Waals surface area contributed by atoms with Gasteiger partial charge >= 0.3 is 19.8 Å². The van der Waals surface area contributed by atoms with Gasteiger partial charge in [0, 0.05) is 4.47 Å². The molecule has 0 aliphatic heterocycles. The van der Waals surface area contributed by atoms with Gasteiger partial charge in [0.05, 0.1) is 11.6 Å². The second-order valence-electron chi connectivity index (χ2n) is 11.3. The maximum Gasteiger partial charge on any atom is 0.488 e. The molecule has 1 amide bonds. The minimum Gasteiger partial charge on any atom is -0.444 e. The van der Waals surface area contributed by atoms with Crippen LogP contribution >= 0.6 is 15.9 Å². The summed E-state index contributed by atoms with van der Waals surface area (Å²) in [6.07, 6.45) is 4.66. The quantitative estimate of drug-likeness (QED) is 0.156. The first-order valence-corrected chi connectivity index (χ1v) is 15.9. The molecule has 0 spiro atoms. The number of benzene rings is 2. The smallest absolute Gasteiger partial charge is 0.444 e. The molecule has 4 N–H and O–H groups in total. The molecule has 2 aromatic rings. The number of nitrogens with zero attached hydrogens (tertiary/aromatic N) is 2. The van der Waals surface area contributed by atoms with Crippen LogP contribution in [-0.4, -0.2) is 52.2 Å². The van der Waals surface area contributed by atoms with Gasteiger partial charge in [0.2, 0.25) is 0 Å². The van der Waals surface area contributed by atoms with Gasteiger partial charge in [0.15, 0.2) is 5.78 Å². The Morgan fingerprint density at radius 2 is 1.65 bits per heavy atom. The van der Waals surface area contributed by atoms with Crippen LogP contribution in [0.3, 0.4) is 0 Å². The summed E-state index contributed by atoms with van der Waals surface area (Å²) in [7, 11) is -1.50.